The van der Waals surface area contributed by atoms with Crippen LogP contribution in [0.3, 0.4) is 0 Å². The Kier molecular flexibility index (Phi) is 5.15. The topological polar surface area (TPSA) is 105 Å². The molecule has 0 aliphatic rings. The summed E-state index contributed by atoms with van der Waals surface area (Å²) in [5.74, 6) is 0. The van der Waals surface area contributed by atoms with E-state index < -0.39 is 20.0 Å². The highest BCUT2D eigenvalue weighted by Gasteiger charge is 2.16. The zero-order chi connectivity index (χ0) is 19.5. The van der Waals surface area contributed by atoms with Crippen LogP contribution in [0.1, 0.15) is 5.56 Å². The Morgan fingerprint density at radius 1 is 0.704 bits per heavy atom. The number of rotatable bonds is 6. The monoisotopic (exact) mass is 403 g/mol. The second kappa shape index (κ2) is 7.37. The minimum Gasteiger partial charge on any atom is -0.280 e. The van der Waals surface area contributed by atoms with Crippen LogP contribution in [0.4, 0.5) is 11.4 Å². The molecule has 1 heterocycles. The summed E-state index contributed by atoms with van der Waals surface area (Å²) in [6.45, 7) is 1.86. The van der Waals surface area contributed by atoms with E-state index in [1.54, 1.807) is 24.3 Å². The van der Waals surface area contributed by atoms with Crippen LogP contribution >= 0.6 is 0 Å². The van der Waals surface area contributed by atoms with E-state index in [0.29, 0.717) is 5.69 Å². The Balaban J connectivity index is 1.78. The first kappa shape index (κ1) is 18.9. The number of nitrogens with one attached hydrogen (secondary N) is 2. The third-order valence-corrected chi connectivity index (χ3v) is 6.46. The largest absolute Gasteiger partial charge is 0.280 e. The van der Waals surface area contributed by atoms with Crippen molar-refractivity contribution in [1.82, 2.24) is 4.98 Å². The highest BCUT2D eigenvalue weighted by Crippen LogP contribution is 2.20. The molecule has 0 saturated heterocycles. The number of anilines is 2. The highest BCUT2D eigenvalue weighted by molar-refractivity contribution is 7.93. The number of benzene rings is 2. The molecule has 3 rings (SSSR count). The maximum absolute atomic E-state index is 12.4. The van der Waals surface area contributed by atoms with Crippen molar-refractivity contribution in [2.45, 2.75) is 16.7 Å². The van der Waals surface area contributed by atoms with Crippen molar-refractivity contribution >= 4 is 31.4 Å². The molecular formula is C18H17N3O4S2. The van der Waals surface area contributed by atoms with Crippen LogP contribution in [-0.4, -0.2) is 21.8 Å². The summed E-state index contributed by atoms with van der Waals surface area (Å²) >= 11 is 0. The van der Waals surface area contributed by atoms with Crippen molar-refractivity contribution in [2.24, 2.45) is 0 Å². The zero-order valence-corrected chi connectivity index (χ0v) is 16.0. The van der Waals surface area contributed by atoms with E-state index in [0.717, 1.165) is 5.56 Å². The predicted octanol–water partition coefficient (Wildman–Crippen LogP) is 2.99. The van der Waals surface area contributed by atoms with Gasteiger partial charge < -0.3 is 0 Å². The molecule has 1 aromatic heterocycles. The second-order valence-corrected chi connectivity index (χ2v) is 9.15. The molecule has 7 nitrogen and oxygen atoms in total. The molecule has 0 fully saturated rings. The molecule has 0 amide bonds. The molecule has 0 bridgehead atoms. The molecule has 0 saturated carbocycles. The fourth-order valence-corrected chi connectivity index (χ4v) is 4.37. The van der Waals surface area contributed by atoms with Crippen molar-refractivity contribution in [2.75, 3.05) is 9.44 Å². The van der Waals surface area contributed by atoms with E-state index in [-0.39, 0.29) is 15.5 Å². The van der Waals surface area contributed by atoms with Crippen LogP contribution < -0.4 is 9.44 Å². The molecule has 9 heteroatoms. The standard InChI is InChI=1S/C18H17N3O4S2/c1-14-4-8-17(9-5-14)26(22,23)20-15-6-10-18(11-7-15)27(24,25)21-16-3-2-12-19-13-16/h2-13,20-21H,1H3. The van der Waals surface area contributed by atoms with Crippen molar-refractivity contribution in [3.05, 3.63) is 78.6 Å². The Morgan fingerprint density at radius 2 is 1.22 bits per heavy atom. The Morgan fingerprint density at radius 3 is 1.74 bits per heavy atom. The number of nitrogens with zero attached hydrogens (tertiary/aromatic N) is 1. The maximum atomic E-state index is 12.4. The average Bonchev–Trinajstić information content (AvgIpc) is 2.63. The summed E-state index contributed by atoms with van der Waals surface area (Å²) in [6, 6.07) is 15.0. The summed E-state index contributed by atoms with van der Waals surface area (Å²) in [6.07, 6.45) is 2.92. The number of hydrogen-bond donors (Lipinski definition) is 2. The van der Waals surface area contributed by atoms with Crippen LogP contribution in [0.15, 0.2) is 82.8 Å². The molecule has 0 atom stereocenters. The minimum atomic E-state index is -3.80. The highest BCUT2D eigenvalue weighted by atomic mass is 32.2. The third-order valence-electron chi connectivity index (χ3n) is 3.66. The maximum Gasteiger partial charge on any atom is 0.261 e. The molecule has 0 spiro atoms. The van der Waals surface area contributed by atoms with Crippen LogP contribution in [0.2, 0.25) is 0 Å². The van der Waals surface area contributed by atoms with Gasteiger partial charge in [0.15, 0.2) is 0 Å². The first-order valence-corrected chi connectivity index (χ1v) is 10.9. The van der Waals surface area contributed by atoms with E-state index in [2.05, 4.69) is 14.4 Å². The van der Waals surface area contributed by atoms with Gasteiger partial charge in [0.05, 0.1) is 21.7 Å². The van der Waals surface area contributed by atoms with Crippen LogP contribution in [0.25, 0.3) is 0 Å². The van der Waals surface area contributed by atoms with Crippen molar-refractivity contribution < 1.29 is 16.8 Å². The van der Waals surface area contributed by atoms with Gasteiger partial charge in [0, 0.05) is 11.9 Å². The van der Waals surface area contributed by atoms with E-state index in [9.17, 15) is 16.8 Å². The van der Waals surface area contributed by atoms with Gasteiger partial charge in [-0.15, -0.1) is 0 Å². The van der Waals surface area contributed by atoms with E-state index in [4.69, 9.17) is 0 Å². The first-order chi connectivity index (χ1) is 12.8. The molecule has 2 aromatic carbocycles. The lowest BCUT2D eigenvalue weighted by molar-refractivity contribution is 0.600. The molecule has 3 aromatic rings. The van der Waals surface area contributed by atoms with E-state index in [1.165, 1.54) is 48.8 Å². The van der Waals surface area contributed by atoms with Gasteiger partial charge in [0.2, 0.25) is 0 Å². The SMILES string of the molecule is Cc1ccc(S(=O)(=O)Nc2ccc(S(=O)(=O)Nc3cccnc3)cc2)cc1. The summed E-state index contributed by atoms with van der Waals surface area (Å²) in [5, 5.41) is 0. The van der Waals surface area contributed by atoms with Gasteiger partial charge >= 0.3 is 0 Å². The van der Waals surface area contributed by atoms with Crippen molar-refractivity contribution in [3.63, 3.8) is 0 Å². The molecule has 0 radical (unpaired) electrons. The van der Waals surface area contributed by atoms with E-state index >= 15 is 0 Å². The summed E-state index contributed by atoms with van der Waals surface area (Å²) in [4.78, 5) is 3.98. The molecule has 0 unspecified atom stereocenters. The van der Waals surface area contributed by atoms with Crippen LogP contribution in [-0.2, 0) is 20.0 Å². The lowest BCUT2D eigenvalue weighted by Gasteiger charge is -2.10. The van der Waals surface area contributed by atoms with Gasteiger partial charge in [-0.1, -0.05) is 17.7 Å². The molecular weight excluding hydrogens is 386 g/mol. The molecule has 140 valence electrons. The normalized spacial score (nSPS) is 11.7. The lowest BCUT2D eigenvalue weighted by Crippen LogP contribution is -2.14. The Hall–Kier alpha value is -2.91. The molecule has 0 aliphatic heterocycles. The fraction of sp³-hybridized carbons (Fsp3) is 0.0556. The van der Waals surface area contributed by atoms with Crippen LogP contribution in [0, 0.1) is 6.92 Å². The number of hydrogen-bond acceptors (Lipinski definition) is 5. The van der Waals surface area contributed by atoms with Gasteiger partial charge in [-0.25, -0.2) is 16.8 Å². The smallest absolute Gasteiger partial charge is 0.261 e. The van der Waals surface area contributed by atoms with Crippen LogP contribution in [0.5, 0.6) is 0 Å². The predicted molar refractivity (Wildman–Crippen MR) is 103 cm³/mol. The van der Waals surface area contributed by atoms with Crippen molar-refractivity contribution in [1.29, 1.82) is 0 Å². The second-order valence-electron chi connectivity index (χ2n) is 5.79. The van der Waals surface area contributed by atoms with Gasteiger partial charge in [0.25, 0.3) is 20.0 Å². The third kappa shape index (κ3) is 4.63. The van der Waals surface area contributed by atoms with Gasteiger partial charge in [-0.3, -0.25) is 14.4 Å². The van der Waals surface area contributed by atoms with Gasteiger partial charge in [0.1, 0.15) is 0 Å². The lowest BCUT2D eigenvalue weighted by atomic mass is 10.2. The summed E-state index contributed by atoms with van der Waals surface area (Å²) < 4.78 is 54.4. The molecule has 27 heavy (non-hydrogen) atoms. The Bertz CT molecular complexity index is 1130. The molecule has 2 N–H and O–H groups in total. The number of sulfonamides is 2. The van der Waals surface area contributed by atoms with Gasteiger partial charge in [-0.05, 0) is 55.5 Å². The Labute approximate surface area is 158 Å². The van der Waals surface area contributed by atoms with Crippen molar-refractivity contribution in [3.8, 4) is 0 Å². The first-order valence-electron chi connectivity index (χ1n) is 7.89. The minimum absolute atomic E-state index is 0.00429. The quantitative estimate of drug-likeness (QED) is 0.658. The van der Waals surface area contributed by atoms with E-state index in [1.807, 2.05) is 6.92 Å². The van der Waals surface area contributed by atoms with Gasteiger partial charge in [-0.2, -0.15) is 0 Å². The number of pyridine rings is 1. The molecule has 0 aliphatic carbocycles. The summed E-state index contributed by atoms with van der Waals surface area (Å²) in [7, 11) is -7.55. The zero-order valence-electron chi connectivity index (χ0n) is 14.3. The number of aryl methyl sites for hydroxylation is 1. The average molecular weight is 403 g/mol. The fourth-order valence-electron chi connectivity index (χ4n) is 2.27. The summed E-state index contributed by atoms with van der Waals surface area (Å²) in [5.41, 5.74) is 1.54. The number of aromatic nitrogens is 1.